The molecule has 0 aliphatic heterocycles. The van der Waals surface area contributed by atoms with E-state index in [0.29, 0.717) is 23.7 Å². The molecular formula is C25H28N2O4S. The summed E-state index contributed by atoms with van der Waals surface area (Å²) in [5, 5.41) is 2.81. The van der Waals surface area contributed by atoms with E-state index in [1.165, 1.54) is 12.1 Å². The van der Waals surface area contributed by atoms with E-state index >= 15 is 0 Å². The van der Waals surface area contributed by atoms with Crippen LogP contribution in [-0.2, 0) is 14.8 Å². The number of ether oxygens (including phenoxy) is 1. The van der Waals surface area contributed by atoms with Crippen molar-refractivity contribution < 1.29 is 17.9 Å². The second-order valence-electron chi connectivity index (χ2n) is 7.60. The van der Waals surface area contributed by atoms with Gasteiger partial charge in [0.15, 0.2) is 0 Å². The molecule has 7 heteroatoms. The van der Waals surface area contributed by atoms with Crippen molar-refractivity contribution in [1.82, 2.24) is 0 Å². The Morgan fingerprint density at radius 3 is 2.16 bits per heavy atom. The molecule has 0 aliphatic carbocycles. The molecule has 32 heavy (non-hydrogen) atoms. The highest BCUT2D eigenvalue weighted by Crippen LogP contribution is 2.26. The third kappa shape index (κ3) is 5.48. The Bertz CT molecular complexity index is 1190. The van der Waals surface area contributed by atoms with Crippen molar-refractivity contribution in [3.63, 3.8) is 0 Å². The SMILES string of the molecule is CCOc1ccc(S(=O)(=O)N(CC(=O)Nc2ccc(C)c(C)c2)c2ccc(C)cc2)cc1. The largest absolute Gasteiger partial charge is 0.494 e. The quantitative estimate of drug-likeness (QED) is 0.530. The van der Waals surface area contributed by atoms with Crippen molar-refractivity contribution in [3.8, 4) is 5.75 Å². The van der Waals surface area contributed by atoms with E-state index in [9.17, 15) is 13.2 Å². The predicted molar refractivity (Wildman–Crippen MR) is 128 cm³/mol. The Hall–Kier alpha value is -3.32. The van der Waals surface area contributed by atoms with Gasteiger partial charge in [0.25, 0.3) is 10.0 Å². The van der Waals surface area contributed by atoms with Crippen molar-refractivity contribution >= 4 is 27.3 Å². The number of nitrogens with one attached hydrogen (secondary N) is 1. The number of benzene rings is 3. The lowest BCUT2D eigenvalue weighted by Crippen LogP contribution is -2.38. The Morgan fingerprint density at radius 2 is 1.56 bits per heavy atom. The molecule has 0 fully saturated rings. The van der Waals surface area contributed by atoms with Gasteiger partial charge < -0.3 is 10.1 Å². The molecule has 0 saturated carbocycles. The van der Waals surface area contributed by atoms with Crippen LogP contribution in [0, 0.1) is 20.8 Å². The van der Waals surface area contributed by atoms with Crippen LogP contribution in [0.1, 0.15) is 23.6 Å². The highest BCUT2D eigenvalue weighted by molar-refractivity contribution is 7.92. The van der Waals surface area contributed by atoms with Crippen molar-refractivity contribution in [2.24, 2.45) is 0 Å². The maximum atomic E-state index is 13.5. The first kappa shape index (κ1) is 23.3. The zero-order valence-corrected chi connectivity index (χ0v) is 19.6. The minimum absolute atomic E-state index is 0.0838. The zero-order chi connectivity index (χ0) is 23.3. The highest BCUT2D eigenvalue weighted by atomic mass is 32.2. The second kappa shape index (κ2) is 9.87. The molecule has 3 aromatic rings. The third-order valence-corrected chi connectivity index (χ3v) is 6.91. The van der Waals surface area contributed by atoms with E-state index in [1.54, 1.807) is 30.3 Å². The predicted octanol–water partition coefficient (Wildman–Crippen LogP) is 4.84. The van der Waals surface area contributed by atoms with Gasteiger partial charge in [0.2, 0.25) is 5.91 Å². The molecule has 3 aromatic carbocycles. The van der Waals surface area contributed by atoms with E-state index in [2.05, 4.69) is 5.32 Å². The molecule has 0 aromatic heterocycles. The molecule has 0 unspecified atom stereocenters. The van der Waals surface area contributed by atoms with Gasteiger partial charge in [0, 0.05) is 5.69 Å². The van der Waals surface area contributed by atoms with Gasteiger partial charge in [-0.3, -0.25) is 9.10 Å². The molecule has 6 nitrogen and oxygen atoms in total. The van der Waals surface area contributed by atoms with Gasteiger partial charge in [0.05, 0.1) is 17.2 Å². The Balaban J connectivity index is 1.91. The fraction of sp³-hybridized carbons (Fsp3) is 0.240. The monoisotopic (exact) mass is 452 g/mol. The topological polar surface area (TPSA) is 75.7 Å². The molecule has 0 bridgehead atoms. The van der Waals surface area contributed by atoms with Crippen LogP contribution in [0.2, 0.25) is 0 Å². The number of rotatable bonds is 8. The maximum Gasteiger partial charge on any atom is 0.264 e. The summed E-state index contributed by atoms with van der Waals surface area (Å²) in [6, 6.07) is 18.8. The lowest BCUT2D eigenvalue weighted by molar-refractivity contribution is -0.114. The van der Waals surface area contributed by atoms with Crippen LogP contribution in [0.5, 0.6) is 5.75 Å². The summed E-state index contributed by atoms with van der Waals surface area (Å²) >= 11 is 0. The fourth-order valence-electron chi connectivity index (χ4n) is 3.18. The molecule has 3 rings (SSSR count). The highest BCUT2D eigenvalue weighted by Gasteiger charge is 2.27. The van der Waals surface area contributed by atoms with Gasteiger partial charge in [-0.1, -0.05) is 23.8 Å². The van der Waals surface area contributed by atoms with E-state index in [0.717, 1.165) is 21.0 Å². The average Bonchev–Trinajstić information content (AvgIpc) is 2.76. The van der Waals surface area contributed by atoms with Gasteiger partial charge in [0.1, 0.15) is 12.3 Å². The van der Waals surface area contributed by atoms with Crippen LogP contribution >= 0.6 is 0 Å². The molecular weight excluding hydrogens is 424 g/mol. The Kier molecular flexibility index (Phi) is 7.20. The van der Waals surface area contributed by atoms with Crippen molar-refractivity contribution in [2.45, 2.75) is 32.6 Å². The molecule has 0 saturated heterocycles. The Labute approximate surface area is 189 Å². The van der Waals surface area contributed by atoms with E-state index in [-0.39, 0.29) is 11.4 Å². The lowest BCUT2D eigenvalue weighted by atomic mass is 10.1. The number of carbonyl (C=O) groups excluding carboxylic acids is 1. The van der Waals surface area contributed by atoms with Crippen LogP contribution in [-0.4, -0.2) is 27.5 Å². The molecule has 0 heterocycles. The third-order valence-electron chi connectivity index (χ3n) is 5.12. The standard InChI is InChI=1S/C25H28N2O4S/c1-5-31-23-12-14-24(15-13-23)32(29,30)27(22-10-6-18(2)7-11-22)17-25(28)26-21-9-8-19(3)20(4)16-21/h6-16H,5,17H2,1-4H3,(H,26,28). The van der Waals surface area contributed by atoms with Crippen LogP contribution in [0.4, 0.5) is 11.4 Å². The number of amides is 1. The number of aryl methyl sites for hydroxylation is 3. The summed E-state index contributed by atoms with van der Waals surface area (Å²) in [5.74, 6) is 0.157. The van der Waals surface area contributed by atoms with E-state index in [1.807, 2.05) is 52.0 Å². The molecule has 0 aliphatic rings. The van der Waals surface area contributed by atoms with Crippen molar-refractivity contribution in [2.75, 3.05) is 22.8 Å². The van der Waals surface area contributed by atoms with Crippen molar-refractivity contribution in [1.29, 1.82) is 0 Å². The van der Waals surface area contributed by atoms with Crippen molar-refractivity contribution in [3.05, 3.63) is 83.4 Å². The molecule has 168 valence electrons. The van der Waals surface area contributed by atoms with Gasteiger partial charge in [-0.15, -0.1) is 0 Å². The number of carbonyl (C=O) groups is 1. The normalized spacial score (nSPS) is 11.1. The van der Waals surface area contributed by atoms with Crippen LogP contribution in [0.25, 0.3) is 0 Å². The number of sulfonamides is 1. The summed E-state index contributed by atoms with van der Waals surface area (Å²) in [7, 11) is -3.98. The van der Waals surface area contributed by atoms with Gasteiger partial charge in [-0.25, -0.2) is 8.42 Å². The maximum absolute atomic E-state index is 13.5. The molecule has 1 amide bonds. The first-order valence-electron chi connectivity index (χ1n) is 10.4. The number of hydrogen-bond acceptors (Lipinski definition) is 4. The summed E-state index contributed by atoms with van der Waals surface area (Å²) in [5.41, 5.74) is 4.19. The minimum atomic E-state index is -3.98. The van der Waals surface area contributed by atoms with E-state index in [4.69, 9.17) is 4.74 Å². The summed E-state index contributed by atoms with van der Waals surface area (Å²) < 4.78 is 33.5. The molecule has 0 spiro atoms. The van der Waals surface area contributed by atoms with Crippen LogP contribution in [0.15, 0.2) is 71.6 Å². The summed E-state index contributed by atoms with van der Waals surface area (Å²) in [4.78, 5) is 12.9. The van der Waals surface area contributed by atoms with Gasteiger partial charge in [-0.05, 0) is 87.4 Å². The van der Waals surface area contributed by atoms with Crippen LogP contribution < -0.4 is 14.4 Å². The van der Waals surface area contributed by atoms with E-state index < -0.39 is 15.9 Å². The first-order valence-corrected chi connectivity index (χ1v) is 11.8. The Morgan fingerprint density at radius 1 is 0.906 bits per heavy atom. The summed E-state index contributed by atoms with van der Waals surface area (Å²) in [6.45, 7) is 7.86. The zero-order valence-electron chi connectivity index (χ0n) is 18.8. The molecule has 1 N–H and O–H groups in total. The smallest absolute Gasteiger partial charge is 0.264 e. The van der Waals surface area contributed by atoms with Gasteiger partial charge >= 0.3 is 0 Å². The summed E-state index contributed by atoms with van der Waals surface area (Å²) in [6.07, 6.45) is 0. The lowest BCUT2D eigenvalue weighted by Gasteiger charge is -2.24. The molecule has 0 atom stereocenters. The fourth-order valence-corrected chi connectivity index (χ4v) is 4.60. The number of hydrogen-bond donors (Lipinski definition) is 1. The number of anilines is 2. The van der Waals surface area contributed by atoms with Gasteiger partial charge in [-0.2, -0.15) is 0 Å². The van der Waals surface area contributed by atoms with Crippen LogP contribution in [0.3, 0.4) is 0 Å². The average molecular weight is 453 g/mol. The number of nitrogens with zero attached hydrogens (tertiary/aromatic N) is 1. The first-order chi connectivity index (χ1) is 15.2. The second-order valence-corrected chi connectivity index (χ2v) is 9.46. The molecule has 0 radical (unpaired) electrons. The minimum Gasteiger partial charge on any atom is -0.494 e.